The topological polar surface area (TPSA) is 8.81 Å². The van der Waals surface area contributed by atoms with Gasteiger partial charge in [0.25, 0.3) is 5.82 Å². The molecule has 0 aliphatic rings. The molecule has 0 saturated heterocycles. The fourth-order valence-corrected chi connectivity index (χ4v) is 2.49. The molecule has 2 heteroatoms. The van der Waals surface area contributed by atoms with Crippen molar-refractivity contribution in [1.29, 1.82) is 0 Å². The predicted octanol–water partition coefficient (Wildman–Crippen LogP) is 4.24. The van der Waals surface area contributed by atoms with Crippen LogP contribution in [-0.4, -0.2) is 4.57 Å². The molecule has 0 aliphatic carbocycles. The molecule has 0 bridgehead atoms. The molecule has 0 amide bonds. The molecule has 1 heterocycles. The third-order valence-electron chi connectivity index (χ3n) is 3.72. The van der Waals surface area contributed by atoms with Crippen molar-refractivity contribution in [2.75, 3.05) is 0 Å². The number of aromatic nitrogens is 2. The van der Waals surface area contributed by atoms with Crippen LogP contribution in [0.15, 0.2) is 12.4 Å². The van der Waals surface area contributed by atoms with E-state index in [1.54, 1.807) is 0 Å². The van der Waals surface area contributed by atoms with E-state index in [0.717, 1.165) is 6.54 Å². The van der Waals surface area contributed by atoms with Crippen molar-refractivity contribution in [3.8, 4) is 0 Å². The molecule has 0 spiro atoms. The number of rotatable bonds is 10. The van der Waals surface area contributed by atoms with Crippen LogP contribution in [0.25, 0.3) is 0 Å². The van der Waals surface area contributed by atoms with Gasteiger partial charge in [-0.05, 0) is 19.3 Å². The summed E-state index contributed by atoms with van der Waals surface area (Å²) in [5.41, 5.74) is 0. The fourth-order valence-electron chi connectivity index (χ4n) is 2.49. The van der Waals surface area contributed by atoms with E-state index in [1.807, 2.05) is 0 Å². The van der Waals surface area contributed by atoms with Crippen molar-refractivity contribution in [3.63, 3.8) is 0 Å². The fraction of sp³-hybridized carbons (Fsp3) is 0.812. The molecule has 0 aromatic carbocycles. The summed E-state index contributed by atoms with van der Waals surface area (Å²) in [6.07, 6.45) is 15.4. The van der Waals surface area contributed by atoms with Gasteiger partial charge in [-0.15, -0.1) is 0 Å². The Morgan fingerprint density at radius 3 is 2.28 bits per heavy atom. The van der Waals surface area contributed by atoms with Gasteiger partial charge in [0, 0.05) is 6.92 Å². The second-order valence-corrected chi connectivity index (χ2v) is 5.35. The van der Waals surface area contributed by atoms with E-state index in [4.69, 9.17) is 0 Å². The summed E-state index contributed by atoms with van der Waals surface area (Å²) >= 11 is 0. The lowest BCUT2D eigenvalue weighted by molar-refractivity contribution is -0.702. The number of nitrogens with zero attached hydrogens (tertiary/aromatic N) is 2. The van der Waals surface area contributed by atoms with Gasteiger partial charge in [-0.3, -0.25) is 0 Å². The van der Waals surface area contributed by atoms with Crippen molar-refractivity contribution in [2.45, 2.75) is 85.2 Å². The van der Waals surface area contributed by atoms with Crippen LogP contribution in [0.1, 0.15) is 71.0 Å². The third kappa shape index (κ3) is 5.24. The van der Waals surface area contributed by atoms with Gasteiger partial charge in [-0.25, -0.2) is 9.13 Å². The van der Waals surface area contributed by atoms with Gasteiger partial charge in [0.15, 0.2) is 0 Å². The average molecular weight is 251 g/mol. The molecule has 1 rings (SSSR count). The molecule has 0 N–H and O–H groups in total. The highest BCUT2D eigenvalue weighted by Crippen LogP contribution is 2.08. The molecular formula is C16H31N2+. The monoisotopic (exact) mass is 251 g/mol. The first-order chi connectivity index (χ1) is 8.79. The number of imidazole rings is 1. The molecule has 0 atom stereocenters. The maximum absolute atomic E-state index is 2.40. The summed E-state index contributed by atoms with van der Waals surface area (Å²) in [6.45, 7) is 9.09. The number of hydrogen-bond donors (Lipinski definition) is 0. The van der Waals surface area contributed by atoms with Crippen LogP contribution in [0, 0.1) is 6.92 Å². The minimum Gasteiger partial charge on any atom is -0.235 e. The van der Waals surface area contributed by atoms with Crippen LogP contribution in [0.5, 0.6) is 0 Å². The van der Waals surface area contributed by atoms with E-state index in [2.05, 4.69) is 42.3 Å². The van der Waals surface area contributed by atoms with Gasteiger partial charge < -0.3 is 0 Å². The zero-order valence-electron chi connectivity index (χ0n) is 12.6. The first-order valence-electron chi connectivity index (χ1n) is 7.84. The third-order valence-corrected chi connectivity index (χ3v) is 3.72. The summed E-state index contributed by atoms with van der Waals surface area (Å²) in [7, 11) is 0. The van der Waals surface area contributed by atoms with Crippen LogP contribution in [-0.2, 0) is 13.1 Å². The minimum atomic E-state index is 1.15. The highest BCUT2D eigenvalue weighted by atomic mass is 15.1. The Hall–Kier alpha value is -0.790. The molecule has 18 heavy (non-hydrogen) atoms. The zero-order chi connectivity index (χ0) is 13.2. The standard InChI is InChI=1S/C16H31N2/c1-4-6-7-8-9-10-11-13-18-15-14-17(12-5-2)16(18)3/h14-15H,4-13H2,1-3H3/q+1. The van der Waals surface area contributed by atoms with Crippen molar-refractivity contribution in [1.82, 2.24) is 4.57 Å². The largest absolute Gasteiger partial charge is 0.253 e. The summed E-state index contributed by atoms with van der Waals surface area (Å²) in [5.74, 6) is 1.41. The highest BCUT2D eigenvalue weighted by Gasteiger charge is 2.10. The van der Waals surface area contributed by atoms with Crippen LogP contribution in [0.3, 0.4) is 0 Å². The van der Waals surface area contributed by atoms with E-state index in [9.17, 15) is 0 Å². The molecule has 0 aliphatic heterocycles. The Labute approximate surface area is 113 Å². The van der Waals surface area contributed by atoms with Gasteiger partial charge in [0.2, 0.25) is 0 Å². The lowest BCUT2D eigenvalue weighted by Gasteiger charge is -2.01. The first kappa shape index (κ1) is 15.3. The second-order valence-electron chi connectivity index (χ2n) is 5.35. The molecule has 1 aromatic heterocycles. The lowest BCUT2D eigenvalue weighted by atomic mass is 10.1. The maximum Gasteiger partial charge on any atom is 0.253 e. The normalized spacial score (nSPS) is 11.1. The molecule has 0 saturated carbocycles. The summed E-state index contributed by atoms with van der Waals surface area (Å²) in [5, 5.41) is 0. The number of unbranched alkanes of at least 4 members (excludes halogenated alkanes) is 6. The quantitative estimate of drug-likeness (QED) is 0.434. The Kier molecular flexibility index (Phi) is 7.79. The molecule has 104 valence electrons. The Morgan fingerprint density at radius 2 is 1.61 bits per heavy atom. The summed E-state index contributed by atoms with van der Waals surface area (Å²) in [4.78, 5) is 0. The van der Waals surface area contributed by atoms with Crippen LogP contribution in [0.4, 0.5) is 0 Å². The SMILES string of the molecule is CCCCCCCCCn1cc[n+](CCC)c1C. The lowest BCUT2D eigenvalue weighted by Crippen LogP contribution is -2.35. The molecule has 0 fully saturated rings. The van der Waals surface area contributed by atoms with E-state index in [-0.39, 0.29) is 0 Å². The smallest absolute Gasteiger partial charge is 0.235 e. The van der Waals surface area contributed by atoms with Crippen LogP contribution < -0.4 is 4.57 Å². The van der Waals surface area contributed by atoms with Crippen molar-refractivity contribution < 1.29 is 4.57 Å². The Bertz CT molecular complexity index is 315. The minimum absolute atomic E-state index is 1.15. The zero-order valence-corrected chi connectivity index (χ0v) is 12.6. The summed E-state index contributed by atoms with van der Waals surface area (Å²) < 4.78 is 4.77. The van der Waals surface area contributed by atoms with Gasteiger partial charge in [-0.2, -0.15) is 0 Å². The first-order valence-corrected chi connectivity index (χ1v) is 7.84. The Morgan fingerprint density at radius 1 is 0.944 bits per heavy atom. The van der Waals surface area contributed by atoms with Crippen LogP contribution >= 0.6 is 0 Å². The molecule has 0 radical (unpaired) electrons. The van der Waals surface area contributed by atoms with E-state index in [0.29, 0.717) is 0 Å². The molecule has 2 nitrogen and oxygen atoms in total. The van der Waals surface area contributed by atoms with Crippen molar-refractivity contribution in [3.05, 3.63) is 18.2 Å². The number of hydrogen-bond acceptors (Lipinski definition) is 0. The van der Waals surface area contributed by atoms with E-state index in [1.165, 1.54) is 63.7 Å². The summed E-state index contributed by atoms with van der Waals surface area (Å²) in [6, 6.07) is 0. The van der Waals surface area contributed by atoms with Gasteiger partial charge in [0.05, 0.1) is 13.1 Å². The Balaban J connectivity index is 2.15. The number of aryl methyl sites for hydroxylation is 2. The molecule has 1 aromatic rings. The van der Waals surface area contributed by atoms with Gasteiger partial charge >= 0.3 is 0 Å². The van der Waals surface area contributed by atoms with Gasteiger partial charge in [0.1, 0.15) is 12.4 Å². The van der Waals surface area contributed by atoms with Gasteiger partial charge in [-0.1, -0.05) is 46.0 Å². The van der Waals surface area contributed by atoms with E-state index >= 15 is 0 Å². The molecule has 0 unspecified atom stereocenters. The van der Waals surface area contributed by atoms with Crippen LogP contribution in [0.2, 0.25) is 0 Å². The van der Waals surface area contributed by atoms with E-state index < -0.39 is 0 Å². The molecular weight excluding hydrogens is 220 g/mol. The predicted molar refractivity (Wildman–Crippen MR) is 77.6 cm³/mol. The van der Waals surface area contributed by atoms with Crippen molar-refractivity contribution in [2.24, 2.45) is 0 Å². The average Bonchev–Trinajstić information content (AvgIpc) is 2.71. The second kappa shape index (κ2) is 9.18. The maximum atomic E-state index is 2.40. The highest BCUT2D eigenvalue weighted by molar-refractivity contribution is 4.79. The van der Waals surface area contributed by atoms with Crippen molar-refractivity contribution >= 4 is 0 Å².